The molecule has 0 spiro atoms. The average Bonchev–Trinajstić information content (AvgIpc) is 3.08. The summed E-state index contributed by atoms with van der Waals surface area (Å²) in [6, 6.07) is 11.9. The molecule has 0 saturated heterocycles. The van der Waals surface area contributed by atoms with Gasteiger partial charge in [0.05, 0.1) is 22.1 Å². The van der Waals surface area contributed by atoms with E-state index in [2.05, 4.69) is 11.1 Å². The first-order chi connectivity index (χ1) is 9.81. The van der Waals surface area contributed by atoms with Gasteiger partial charge in [-0.25, -0.2) is 4.98 Å². The van der Waals surface area contributed by atoms with Crippen molar-refractivity contribution in [3.8, 4) is 0 Å². The Morgan fingerprint density at radius 2 is 2.00 bits per heavy atom. The molecule has 0 radical (unpaired) electrons. The van der Waals surface area contributed by atoms with E-state index in [1.165, 1.54) is 0 Å². The zero-order valence-corrected chi connectivity index (χ0v) is 12.1. The van der Waals surface area contributed by atoms with Crippen molar-refractivity contribution in [2.24, 2.45) is 0 Å². The van der Waals surface area contributed by atoms with Crippen molar-refractivity contribution >= 4 is 43.0 Å². The highest BCUT2D eigenvalue weighted by Crippen LogP contribution is 2.22. The number of benzene rings is 1. The molecule has 0 unspecified atom stereocenters. The monoisotopic (exact) mass is 298 g/mol. The lowest BCUT2D eigenvalue weighted by molar-refractivity contribution is 0.764. The van der Waals surface area contributed by atoms with Gasteiger partial charge in [-0.1, -0.05) is 12.1 Å². The van der Waals surface area contributed by atoms with Crippen molar-refractivity contribution in [2.45, 2.75) is 6.54 Å². The first kappa shape index (κ1) is 11.8. The van der Waals surface area contributed by atoms with Gasteiger partial charge in [0.2, 0.25) is 0 Å². The molecule has 3 nitrogen and oxygen atoms in total. The van der Waals surface area contributed by atoms with Crippen LogP contribution >= 0.6 is 22.7 Å². The fourth-order valence-electron chi connectivity index (χ4n) is 2.26. The summed E-state index contributed by atoms with van der Waals surface area (Å²) >= 11 is 3.23. The second-order valence-electron chi connectivity index (χ2n) is 4.52. The summed E-state index contributed by atoms with van der Waals surface area (Å²) in [4.78, 5) is 16.9. The Labute approximate surface area is 122 Å². The molecular weight excluding hydrogens is 288 g/mol. The molecule has 3 heterocycles. The summed E-state index contributed by atoms with van der Waals surface area (Å²) in [5.41, 5.74) is 1.06. The molecule has 0 aliphatic rings. The van der Waals surface area contributed by atoms with E-state index in [1.807, 2.05) is 41.9 Å². The predicted molar refractivity (Wildman–Crippen MR) is 84.8 cm³/mol. The van der Waals surface area contributed by atoms with E-state index in [9.17, 15) is 4.79 Å². The number of hydrogen-bond acceptors (Lipinski definition) is 4. The molecule has 5 heteroatoms. The number of nitrogens with zero attached hydrogens (tertiary/aromatic N) is 2. The average molecular weight is 298 g/mol. The largest absolute Gasteiger partial charge is 0.308 e. The quantitative estimate of drug-likeness (QED) is 0.565. The molecule has 3 aromatic heterocycles. The standard InChI is InChI=1S/C15H10N2OS2/c18-15-10-6-8-19-12(10)5-7-17(15)9-14-16-11-3-1-2-4-13(11)20-14/h1-8H,9H2. The summed E-state index contributed by atoms with van der Waals surface area (Å²) in [6.07, 6.45) is 1.85. The molecule has 0 atom stereocenters. The maximum Gasteiger partial charge on any atom is 0.259 e. The van der Waals surface area contributed by atoms with Gasteiger partial charge >= 0.3 is 0 Å². The van der Waals surface area contributed by atoms with E-state index in [-0.39, 0.29) is 5.56 Å². The summed E-state index contributed by atoms with van der Waals surface area (Å²) in [6.45, 7) is 0.532. The van der Waals surface area contributed by atoms with Crippen molar-refractivity contribution in [1.29, 1.82) is 0 Å². The van der Waals surface area contributed by atoms with E-state index in [1.54, 1.807) is 27.2 Å². The third-order valence-electron chi connectivity index (χ3n) is 3.24. The van der Waals surface area contributed by atoms with Crippen LogP contribution in [0.15, 0.2) is 52.8 Å². The Hall–Kier alpha value is -1.98. The molecule has 0 amide bonds. The molecule has 20 heavy (non-hydrogen) atoms. The minimum Gasteiger partial charge on any atom is -0.308 e. The van der Waals surface area contributed by atoms with Crippen LogP contribution in [0, 0.1) is 0 Å². The minimum atomic E-state index is 0.0583. The highest BCUT2D eigenvalue weighted by molar-refractivity contribution is 7.18. The molecule has 0 bridgehead atoms. The zero-order chi connectivity index (χ0) is 13.5. The van der Waals surface area contributed by atoms with Crippen LogP contribution in [0.25, 0.3) is 20.3 Å². The van der Waals surface area contributed by atoms with Crippen LogP contribution in [-0.2, 0) is 6.54 Å². The zero-order valence-electron chi connectivity index (χ0n) is 10.4. The number of aromatic nitrogens is 2. The molecule has 0 saturated carbocycles. The van der Waals surface area contributed by atoms with Crippen LogP contribution < -0.4 is 5.56 Å². The Morgan fingerprint density at radius 1 is 1.10 bits per heavy atom. The molecule has 0 N–H and O–H groups in total. The second kappa shape index (κ2) is 4.54. The Morgan fingerprint density at radius 3 is 2.90 bits per heavy atom. The van der Waals surface area contributed by atoms with E-state index in [4.69, 9.17) is 0 Å². The summed E-state index contributed by atoms with van der Waals surface area (Å²) in [5, 5.41) is 3.70. The van der Waals surface area contributed by atoms with Crippen LogP contribution in [-0.4, -0.2) is 9.55 Å². The lowest BCUT2D eigenvalue weighted by atomic mass is 10.3. The van der Waals surface area contributed by atoms with Gasteiger partial charge in [0.15, 0.2) is 0 Å². The minimum absolute atomic E-state index is 0.0583. The number of rotatable bonds is 2. The Kier molecular flexibility index (Phi) is 2.68. The normalized spacial score (nSPS) is 11.4. The number of para-hydroxylation sites is 1. The van der Waals surface area contributed by atoms with Crippen molar-refractivity contribution in [1.82, 2.24) is 9.55 Å². The molecular formula is C15H10N2OS2. The number of thiophene rings is 1. The van der Waals surface area contributed by atoms with Gasteiger partial charge < -0.3 is 4.57 Å². The fourth-order valence-corrected chi connectivity index (χ4v) is 4.00. The number of pyridine rings is 1. The molecule has 1 aromatic carbocycles. The van der Waals surface area contributed by atoms with Crippen molar-refractivity contribution in [3.05, 3.63) is 63.3 Å². The predicted octanol–water partition coefficient (Wildman–Crippen LogP) is 3.72. The van der Waals surface area contributed by atoms with Gasteiger partial charge in [0.25, 0.3) is 5.56 Å². The van der Waals surface area contributed by atoms with Gasteiger partial charge in [-0.15, -0.1) is 22.7 Å². The third-order valence-corrected chi connectivity index (χ3v) is 5.14. The second-order valence-corrected chi connectivity index (χ2v) is 6.59. The fraction of sp³-hybridized carbons (Fsp3) is 0.0667. The number of fused-ring (bicyclic) bond motifs is 2. The highest BCUT2D eigenvalue weighted by atomic mass is 32.1. The van der Waals surface area contributed by atoms with Gasteiger partial charge in [0, 0.05) is 10.9 Å². The summed E-state index contributed by atoms with van der Waals surface area (Å²) in [7, 11) is 0. The van der Waals surface area contributed by atoms with E-state index < -0.39 is 0 Å². The smallest absolute Gasteiger partial charge is 0.259 e. The maximum atomic E-state index is 12.4. The Balaban J connectivity index is 1.80. The molecule has 0 fully saturated rings. The Bertz CT molecular complexity index is 931. The van der Waals surface area contributed by atoms with Gasteiger partial charge in [-0.3, -0.25) is 4.79 Å². The number of thiazole rings is 1. The SMILES string of the molecule is O=c1c2ccsc2ccn1Cc1nc2ccccc2s1. The molecule has 0 aliphatic heterocycles. The van der Waals surface area contributed by atoms with Gasteiger partial charge in [-0.05, 0) is 29.6 Å². The molecule has 98 valence electrons. The van der Waals surface area contributed by atoms with Crippen molar-refractivity contribution < 1.29 is 0 Å². The van der Waals surface area contributed by atoms with Crippen LogP contribution in [0.4, 0.5) is 0 Å². The topological polar surface area (TPSA) is 34.9 Å². The number of hydrogen-bond donors (Lipinski definition) is 0. The van der Waals surface area contributed by atoms with Crippen molar-refractivity contribution in [3.63, 3.8) is 0 Å². The first-order valence-corrected chi connectivity index (χ1v) is 7.92. The van der Waals surface area contributed by atoms with Gasteiger partial charge in [-0.2, -0.15) is 0 Å². The van der Waals surface area contributed by atoms with E-state index in [0.29, 0.717) is 6.54 Å². The molecule has 0 aliphatic carbocycles. The lowest BCUT2D eigenvalue weighted by Gasteiger charge is -2.02. The van der Waals surface area contributed by atoms with E-state index in [0.717, 1.165) is 25.3 Å². The summed E-state index contributed by atoms with van der Waals surface area (Å²) in [5.74, 6) is 0. The van der Waals surface area contributed by atoms with E-state index >= 15 is 0 Å². The van der Waals surface area contributed by atoms with Crippen LogP contribution in [0.1, 0.15) is 5.01 Å². The highest BCUT2D eigenvalue weighted by Gasteiger charge is 2.07. The van der Waals surface area contributed by atoms with Crippen LogP contribution in [0.5, 0.6) is 0 Å². The first-order valence-electron chi connectivity index (χ1n) is 6.22. The molecule has 4 rings (SSSR count). The van der Waals surface area contributed by atoms with Crippen LogP contribution in [0.2, 0.25) is 0 Å². The molecule has 4 aromatic rings. The van der Waals surface area contributed by atoms with Crippen LogP contribution in [0.3, 0.4) is 0 Å². The lowest BCUT2D eigenvalue weighted by Crippen LogP contribution is -2.19. The third kappa shape index (κ3) is 1.87. The summed E-state index contributed by atoms with van der Waals surface area (Å²) < 4.78 is 3.93. The van der Waals surface area contributed by atoms with Crippen molar-refractivity contribution in [2.75, 3.05) is 0 Å². The maximum absolute atomic E-state index is 12.4. The van der Waals surface area contributed by atoms with Gasteiger partial charge in [0.1, 0.15) is 5.01 Å².